The lowest BCUT2D eigenvalue weighted by atomic mass is 10.0. The SMILES string of the molecule is COc1cccc(NC(=O)N2CCSC2c2ccc(C(C)C)cc2)c1. The van der Waals surface area contributed by atoms with E-state index in [2.05, 4.69) is 43.4 Å². The number of thioether (sulfide) groups is 1. The second-order valence-corrected chi connectivity index (χ2v) is 7.59. The number of hydrogen-bond acceptors (Lipinski definition) is 3. The first-order valence-corrected chi connectivity index (χ1v) is 9.56. The minimum absolute atomic E-state index is 0.0619. The van der Waals surface area contributed by atoms with Gasteiger partial charge in [-0.05, 0) is 29.2 Å². The molecular formula is C20H24N2O2S. The van der Waals surface area contributed by atoms with E-state index in [1.54, 1.807) is 18.9 Å². The molecule has 0 bridgehead atoms. The maximum Gasteiger partial charge on any atom is 0.323 e. The number of nitrogens with zero attached hydrogens (tertiary/aromatic N) is 1. The van der Waals surface area contributed by atoms with Crippen molar-refractivity contribution in [3.05, 3.63) is 59.7 Å². The van der Waals surface area contributed by atoms with Gasteiger partial charge in [-0.1, -0.05) is 44.2 Å². The second kappa shape index (κ2) is 7.83. The fraction of sp³-hybridized carbons (Fsp3) is 0.350. The van der Waals surface area contributed by atoms with Crippen LogP contribution in [0.15, 0.2) is 48.5 Å². The second-order valence-electron chi connectivity index (χ2n) is 6.40. The van der Waals surface area contributed by atoms with E-state index < -0.39 is 0 Å². The van der Waals surface area contributed by atoms with Gasteiger partial charge < -0.3 is 15.0 Å². The highest BCUT2D eigenvalue weighted by Gasteiger charge is 2.30. The van der Waals surface area contributed by atoms with Crippen LogP contribution in [0.1, 0.15) is 36.3 Å². The number of benzene rings is 2. The van der Waals surface area contributed by atoms with Crippen molar-refractivity contribution in [3.8, 4) is 5.75 Å². The molecule has 5 heteroatoms. The smallest absolute Gasteiger partial charge is 0.323 e. The number of rotatable bonds is 4. The van der Waals surface area contributed by atoms with E-state index in [-0.39, 0.29) is 11.4 Å². The first kappa shape index (κ1) is 17.7. The lowest BCUT2D eigenvalue weighted by Crippen LogP contribution is -2.34. The van der Waals surface area contributed by atoms with Crippen LogP contribution < -0.4 is 10.1 Å². The molecule has 25 heavy (non-hydrogen) atoms. The Morgan fingerprint density at radius 2 is 2.00 bits per heavy atom. The molecule has 2 amide bonds. The first-order chi connectivity index (χ1) is 12.1. The summed E-state index contributed by atoms with van der Waals surface area (Å²) in [6, 6.07) is 16.0. The molecule has 1 N–H and O–H groups in total. The number of amides is 2. The van der Waals surface area contributed by atoms with Gasteiger partial charge in [0, 0.05) is 24.1 Å². The van der Waals surface area contributed by atoms with Gasteiger partial charge >= 0.3 is 6.03 Å². The average molecular weight is 356 g/mol. The Morgan fingerprint density at radius 3 is 2.68 bits per heavy atom. The highest BCUT2D eigenvalue weighted by molar-refractivity contribution is 7.99. The normalized spacial score (nSPS) is 17.0. The fourth-order valence-corrected chi connectivity index (χ4v) is 4.15. The van der Waals surface area contributed by atoms with Gasteiger partial charge in [-0.15, -0.1) is 11.8 Å². The van der Waals surface area contributed by atoms with Crippen LogP contribution in [0.5, 0.6) is 5.75 Å². The third kappa shape index (κ3) is 4.10. The molecule has 0 saturated carbocycles. The Morgan fingerprint density at radius 1 is 1.24 bits per heavy atom. The third-order valence-corrected chi connectivity index (χ3v) is 5.62. The zero-order valence-electron chi connectivity index (χ0n) is 14.9. The monoisotopic (exact) mass is 356 g/mol. The van der Waals surface area contributed by atoms with Crippen LogP contribution in [0.4, 0.5) is 10.5 Å². The van der Waals surface area contributed by atoms with Crippen LogP contribution in [0, 0.1) is 0 Å². The molecule has 0 radical (unpaired) electrons. The number of urea groups is 1. The standard InChI is InChI=1S/C20H24N2O2S/c1-14(2)15-7-9-16(10-8-15)19-22(11-12-25-19)20(23)21-17-5-4-6-18(13-17)24-3/h4-10,13-14,19H,11-12H2,1-3H3,(H,21,23). The maximum absolute atomic E-state index is 12.7. The molecule has 1 heterocycles. The summed E-state index contributed by atoms with van der Waals surface area (Å²) >= 11 is 1.80. The molecule has 1 saturated heterocycles. The quantitative estimate of drug-likeness (QED) is 0.829. The van der Waals surface area contributed by atoms with E-state index in [0.29, 0.717) is 5.92 Å². The molecular weight excluding hydrogens is 332 g/mol. The molecule has 132 valence electrons. The number of methoxy groups -OCH3 is 1. The van der Waals surface area contributed by atoms with E-state index >= 15 is 0 Å². The van der Waals surface area contributed by atoms with Gasteiger partial charge in [0.15, 0.2) is 0 Å². The van der Waals surface area contributed by atoms with Gasteiger partial charge in [-0.25, -0.2) is 4.79 Å². The van der Waals surface area contributed by atoms with Crippen molar-refractivity contribution in [2.45, 2.75) is 25.1 Å². The average Bonchev–Trinajstić information content (AvgIpc) is 3.12. The van der Waals surface area contributed by atoms with Crippen LogP contribution in [0.25, 0.3) is 0 Å². The topological polar surface area (TPSA) is 41.6 Å². The minimum Gasteiger partial charge on any atom is -0.497 e. The third-order valence-electron chi connectivity index (χ3n) is 4.36. The molecule has 2 aromatic rings. The molecule has 1 aliphatic heterocycles. The highest BCUT2D eigenvalue weighted by Crippen LogP contribution is 2.38. The molecule has 1 unspecified atom stereocenters. The van der Waals surface area contributed by atoms with Crippen molar-refractivity contribution in [2.24, 2.45) is 0 Å². The first-order valence-electron chi connectivity index (χ1n) is 8.51. The summed E-state index contributed by atoms with van der Waals surface area (Å²) in [6.07, 6.45) is 0. The Hall–Kier alpha value is -2.14. The zero-order chi connectivity index (χ0) is 17.8. The lowest BCUT2D eigenvalue weighted by molar-refractivity contribution is 0.214. The van der Waals surface area contributed by atoms with Crippen LogP contribution in [-0.2, 0) is 0 Å². The summed E-state index contributed by atoms with van der Waals surface area (Å²) in [7, 11) is 1.62. The van der Waals surface area contributed by atoms with Crippen molar-refractivity contribution < 1.29 is 9.53 Å². The molecule has 1 fully saturated rings. The van der Waals surface area contributed by atoms with Crippen molar-refractivity contribution in [3.63, 3.8) is 0 Å². The van der Waals surface area contributed by atoms with Crippen molar-refractivity contribution in [1.29, 1.82) is 0 Å². The van der Waals surface area contributed by atoms with Crippen LogP contribution in [0.2, 0.25) is 0 Å². The maximum atomic E-state index is 12.7. The van der Waals surface area contributed by atoms with Gasteiger partial charge in [0.25, 0.3) is 0 Å². The Kier molecular flexibility index (Phi) is 5.53. The number of anilines is 1. The Balaban J connectivity index is 1.73. The van der Waals surface area contributed by atoms with Crippen molar-refractivity contribution in [2.75, 3.05) is 24.7 Å². The van der Waals surface area contributed by atoms with Gasteiger partial charge in [0.2, 0.25) is 0 Å². The number of carbonyl (C=O) groups excluding carboxylic acids is 1. The summed E-state index contributed by atoms with van der Waals surface area (Å²) in [5, 5.41) is 3.04. The molecule has 2 aromatic carbocycles. The van der Waals surface area contributed by atoms with Crippen LogP contribution >= 0.6 is 11.8 Å². The van der Waals surface area contributed by atoms with E-state index in [1.807, 2.05) is 29.2 Å². The summed E-state index contributed by atoms with van der Waals surface area (Å²) in [4.78, 5) is 14.6. The van der Waals surface area contributed by atoms with E-state index in [4.69, 9.17) is 4.74 Å². The molecule has 0 spiro atoms. The Bertz CT molecular complexity index is 731. The Labute approximate surface area is 153 Å². The lowest BCUT2D eigenvalue weighted by Gasteiger charge is -2.25. The highest BCUT2D eigenvalue weighted by atomic mass is 32.2. The number of hydrogen-bond donors (Lipinski definition) is 1. The summed E-state index contributed by atoms with van der Waals surface area (Å²) in [5.74, 6) is 2.19. The minimum atomic E-state index is -0.0730. The molecule has 0 aliphatic carbocycles. The van der Waals surface area contributed by atoms with Crippen LogP contribution in [0.3, 0.4) is 0 Å². The molecule has 4 nitrogen and oxygen atoms in total. The molecule has 0 aromatic heterocycles. The van der Waals surface area contributed by atoms with Crippen molar-refractivity contribution in [1.82, 2.24) is 4.90 Å². The predicted molar refractivity (Wildman–Crippen MR) is 104 cm³/mol. The largest absolute Gasteiger partial charge is 0.497 e. The van der Waals surface area contributed by atoms with Gasteiger partial charge in [0.05, 0.1) is 7.11 Å². The van der Waals surface area contributed by atoms with Crippen LogP contribution in [-0.4, -0.2) is 30.3 Å². The number of carbonyl (C=O) groups is 1. The summed E-state index contributed by atoms with van der Waals surface area (Å²) in [6.45, 7) is 5.12. The van der Waals surface area contributed by atoms with E-state index in [9.17, 15) is 4.79 Å². The summed E-state index contributed by atoms with van der Waals surface area (Å²) in [5.41, 5.74) is 3.24. The zero-order valence-corrected chi connectivity index (χ0v) is 15.7. The molecule has 1 aliphatic rings. The van der Waals surface area contributed by atoms with E-state index in [1.165, 1.54) is 11.1 Å². The van der Waals surface area contributed by atoms with Gasteiger partial charge in [0.1, 0.15) is 11.1 Å². The number of ether oxygens (including phenoxy) is 1. The number of nitrogens with one attached hydrogen (secondary N) is 1. The van der Waals surface area contributed by atoms with Gasteiger partial charge in [-0.3, -0.25) is 0 Å². The van der Waals surface area contributed by atoms with Gasteiger partial charge in [-0.2, -0.15) is 0 Å². The molecule has 3 rings (SSSR count). The fourth-order valence-electron chi connectivity index (χ4n) is 2.90. The molecule has 1 atom stereocenters. The summed E-state index contributed by atoms with van der Waals surface area (Å²) < 4.78 is 5.21. The van der Waals surface area contributed by atoms with E-state index in [0.717, 1.165) is 23.7 Å². The van der Waals surface area contributed by atoms with Crippen molar-refractivity contribution >= 4 is 23.5 Å². The predicted octanol–water partition coefficient (Wildman–Crippen LogP) is 5.10.